The van der Waals surface area contributed by atoms with Gasteiger partial charge in [0.15, 0.2) is 0 Å². The normalized spacial score (nSPS) is 12.0. The molecule has 0 aliphatic carbocycles. The van der Waals surface area contributed by atoms with Crippen LogP contribution >= 0.6 is 0 Å². The molecular weight excluding hydrogens is 320 g/mol. The van der Waals surface area contributed by atoms with Crippen LogP contribution in [-0.2, 0) is 16.0 Å². The van der Waals surface area contributed by atoms with Gasteiger partial charge >= 0.3 is 0 Å². The molecule has 0 saturated carbocycles. The molecule has 1 aromatic heterocycles. The van der Waals surface area contributed by atoms with Crippen molar-refractivity contribution in [1.82, 2.24) is 20.8 Å². The Labute approximate surface area is 147 Å². The summed E-state index contributed by atoms with van der Waals surface area (Å²) in [6.45, 7) is 4.01. The summed E-state index contributed by atoms with van der Waals surface area (Å²) in [5.41, 5.74) is 0.835. The molecule has 134 valence electrons. The number of rotatable bonds is 8. The van der Waals surface area contributed by atoms with Crippen LogP contribution in [0, 0.1) is 5.92 Å². The van der Waals surface area contributed by atoms with Gasteiger partial charge in [0.2, 0.25) is 23.6 Å². The van der Waals surface area contributed by atoms with Crippen molar-refractivity contribution >= 4 is 11.8 Å². The molecule has 2 rings (SSSR count). The topological polar surface area (TPSA) is 97.1 Å². The summed E-state index contributed by atoms with van der Waals surface area (Å²) in [7, 11) is 1.56. The molecule has 2 amide bonds. The first-order valence-corrected chi connectivity index (χ1v) is 8.38. The van der Waals surface area contributed by atoms with Crippen LogP contribution in [0.5, 0.6) is 0 Å². The van der Waals surface area contributed by atoms with E-state index in [1.54, 1.807) is 7.05 Å². The lowest BCUT2D eigenvalue weighted by Gasteiger charge is -2.18. The van der Waals surface area contributed by atoms with Crippen LogP contribution in [-0.4, -0.2) is 35.1 Å². The summed E-state index contributed by atoms with van der Waals surface area (Å²) in [6, 6.07) is 8.92. The average molecular weight is 344 g/mol. The lowest BCUT2D eigenvalue weighted by Crippen LogP contribution is -2.46. The van der Waals surface area contributed by atoms with E-state index in [0.717, 1.165) is 5.56 Å². The van der Waals surface area contributed by atoms with Crippen LogP contribution in [0.4, 0.5) is 0 Å². The predicted molar refractivity (Wildman–Crippen MR) is 93.5 cm³/mol. The lowest BCUT2D eigenvalue weighted by molar-refractivity contribution is -0.129. The van der Waals surface area contributed by atoms with Crippen molar-refractivity contribution < 1.29 is 14.0 Å². The minimum absolute atomic E-state index is 0.183. The summed E-state index contributed by atoms with van der Waals surface area (Å²) >= 11 is 0. The highest BCUT2D eigenvalue weighted by Crippen LogP contribution is 2.17. The van der Waals surface area contributed by atoms with Gasteiger partial charge in [0.25, 0.3) is 0 Å². The molecule has 2 N–H and O–H groups in total. The fourth-order valence-corrected chi connectivity index (χ4v) is 2.42. The molecule has 1 heterocycles. The first kappa shape index (κ1) is 18.6. The zero-order valence-electron chi connectivity index (χ0n) is 14.8. The fourth-order valence-electron chi connectivity index (χ4n) is 2.42. The highest BCUT2D eigenvalue weighted by Gasteiger charge is 2.21. The van der Waals surface area contributed by atoms with Crippen LogP contribution in [0.1, 0.15) is 32.6 Å². The Morgan fingerprint density at radius 1 is 1.16 bits per heavy atom. The molecule has 7 heteroatoms. The number of carbonyl (C=O) groups is 2. The lowest BCUT2D eigenvalue weighted by atomic mass is 10.0. The van der Waals surface area contributed by atoms with Gasteiger partial charge in [0.1, 0.15) is 6.04 Å². The Hall–Kier alpha value is -2.70. The van der Waals surface area contributed by atoms with Crippen molar-refractivity contribution in [3.8, 4) is 11.5 Å². The van der Waals surface area contributed by atoms with Crippen molar-refractivity contribution in [3.05, 3.63) is 36.2 Å². The molecule has 0 fully saturated rings. The van der Waals surface area contributed by atoms with Crippen LogP contribution in [0.2, 0.25) is 0 Å². The number of nitrogens with zero attached hydrogens (tertiary/aromatic N) is 2. The first-order valence-electron chi connectivity index (χ1n) is 8.38. The standard InChI is InChI=1S/C18H24N4O3/c1-12(2)11-14(17(24)19-3)20-15(23)9-10-16-21-22-18(25-16)13-7-5-4-6-8-13/h4-8,12,14H,9-11H2,1-3H3,(H,19,24)(H,20,23)/t14-/m0/s1. The van der Waals surface area contributed by atoms with E-state index in [2.05, 4.69) is 20.8 Å². The van der Waals surface area contributed by atoms with Crippen LogP contribution in [0.15, 0.2) is 34.7 Å². The third-order valence-corrected chi connectivity index (χ3v) is 3.66. The molecule has 0 saturated heterocycles. The van der Waals surface area contributed by atoms with Gasteiger partial charge in [0, 0.05) is 25.5 Å². The molecule has 0 radical (unpaired) electrons. The molecule has 0 spiro atoms. The Balaban J connectivity index is 1.89. The first-order chi connectivity index (χ1) is 12.0. The van der Waals surface area contributed by atoms with Crippen LogP contribution in [0.3, 0.4) is 0 Å². The molecular formula is C18H24N4O3. The summed E-state index contributed by atoms with van der Waals surface area (Å²) in [5.74, 6) is 0.722. The van der Waals surface area contributed by atoms with E-state index in [-0.39, 0.29) is 18.2 Å². The van der Waals surface area contributed by atoms with Gasteiger partial charge in [-0.1, -0.05) is 32.0 Å². The monoisotopic (exact) mass is 344 g/mol. The van der Waals surface area contributed by atoms with Gasteiger partial charge in [-0.3, -0.25) is 9.59 Å². The zero-order chi connectivity index (χ0) is 18.2. The second-order valence-electron chi connectivity index (χ2n) is 6.23. The number of aromatic nitrogens is 2. The minimum atomic E-state index is -0.528. The number of hydrogen-bond donors (Lipinski definition) is 2. The van der Waals surface area contributed by atoms with Gasteiger partial charge in [0.05, 0.1) is 0 Å². The number of aryl methyl sites for hydroxylation is 1. The maximum Gasteiger partial charge on any atom is 0.247 e. The highest BCUT2D eigenvalue weighted by molar-refractivity contribution is 5.87. The van der Waals surface area contributed by atoms with Crippen molar-refractivity contribution in [1.29, 1.82) is 0 Å². The highest BCUT2D eigenvalue weighted by atomic mass is 16.4. The quantitative estimate of drug-likeness (QED) is 0.763. The van der Waals surface area contributed by atoms with E-state index in [1.165, 1.54) is 0 Å². The Kier molecular flexibility index (Phi) is 6.68. The molecule has 0 bridgehead atoms. The van der Waals surface area contributed by atoms with E-state index in [0.29, 0.717) is 30.5 Å². The maximum atomic E-state index is 12.1. The van der Waals surface area contributed by atoms with Crippen molar-refractivity contribution in [2.24, 2.45) is 5.92 Å². The summed E-state index contributed by atoms with van der Waals surface area (Å²) in [6.07, 6.45) is 1.10. The molecule has 0 aliphatic rings. The second-order valence-corrected chi connectivity index (χ2v) is 6.23. The molecule has 0 unspecified atom stereocenters. The van der Waals surface area contributed by atoms with E-state index in [9.17, 15) is 9.59 Å². The SMILES string of the molecule is CNC(=O)[C@H](CC(C)C)NC(=O)CCc1nnc(-c2ccccc2)o1. The number of amides is 2. The zero-order valence-corrected chi connectivity index (χ0v) is 14.8. The van der Waals surface area contributed by atoms with E-state index in [4.69, 9.17) is 4.42 Å². The Bertz CT molecular complexity index is 697. The smallest absolute Gasteiger partial charge is 0.247 e. The van der Waals surface area contributed by atoms with Gasteiger partial charge in [-0.05, 0) is 24.5 Å². The molecule has 7 nitrogen and oxygen atoms in total. The van der Waals surface area contributed by atoms with Gasteiger partial charge in [-0.25, -0.2) is 0 Å². The van der Waals surface area contributed by atoms with Gasteiger partial charge < -0.3 is 15.1 Å². The number of benzene rings is 1. The van der Waals surface area contributed by atoms with E-state index < -0.39 is 6.04 Å². The van der Waals surface area contributed by atoms with E-state index in [1.807, 2.05) is 44.2 Å². The molecule has 25 heavy (non-hydrogen) atoms. The fraction of sp³-hybridized carbons (Fsp3) is 0.444. The maximum absolute atomic E-state index is 12.1. The predicted octanol–water partition coefficient (Wildman–Crippen LogP) is 1.95. The molecule has 0 aliphatic heterocycles. The Morgan fingerprint density at radius 3 is 2.52 bits per heavy atom. The third-order valence-electron chi connectivity index (χ3n) is 3.66. The number of carbonyl (C=O) groups excluding carboxylic acids is 2. The van der Waals surface area contributed by atoms with Crippen LogP contribution < -0.4 is 10.6 Å². The number of hydrogen-bond acceptors (Lipinski definition) is 5. The average Bonchev–Trinajstić information content (AvgIpc) is 3.08. The van der Waals surface area contributed by atoms with Gasteiger partial charge in [-0.2, -0.15) is 0 Å². The summed E-state index contributed by atoms with van der Waals surface area (Å²) in [4.78, 5) is 24.0. The summed E-state index contributed by atoms with van der Waals surface area (Å²) in [5, 5.41) is 13.3. The Morgan fingerprint density at radius 2 is 1.88 bits per heavy atom. The van der Waals surface area contributed by atoms with Crippen molar-refractivity contribution in [2.45, 2.75) is 39.2 Å². The molecule has 2 aromatic rings. The molecule has 1 aromatic carbocycles. The summed E-state index contributed by atoms with van der Waals surface area (Å²) < 4.78 is 5.58. The van der Waals surface area contributed by atoms with Crippen molar-refractivity contribution in [3.63, 3.8) is 0 Å². The number of likely N-dealkylation sites (N-methyl/N-ethyl adjacent to an activating group) is 1. The van der Waals surface area contributed by atoms with Crippen molar-refractivity contribution in [2.75, 3.05) is 7.05 Å². The van der Waals surface area contributed by atoms with E-state index >= 15 is 0 Å². The largest absolute Gasteiger partial charge is 0.421 e. The number of nitrogens with one attached hydrogen (secondary N) is 2. The van der Waals surface area contributed by atoms with Gasteiger partial charge in [-0.15, -0.1) is 10.2 Å². The second kappa shape index (κ2) is 8.96. The molecule has 1 atom stereocenters. The van der Waals surface area contributed by atoms with Crippen LogP contribution in [0.25, 0.3) is 11.5 Å². The third kappa shape index (κ3) is 5.70. The minimum Gasteiger partial charge on any atom is -0.421 e.